The van der Waals surface area contributed by atoms with E-state index < -0.39 is 0 Å². The molecular weight excluding hydrogens is 164 g/mol. The quantitative estimate of drug-likeness (QED) is 0.565. The molecule has 0 aromatic carbocycles. The van der Waals surface area contributed by atoms with E-state index in [4.69, 9.17) is 4.74 Å². The molecule has 3 rings (SSSR count). The first-order chi connectivity index (χ1) is 6.36. The van der Waals surface area contributed by atoms with Crippen LogP contribution in [0.1, 0.15) is 32.1 Å². The average molecular weight is 178 g/mol. The highest BCUT2D eigenvalue weighted by molar-refractivity contribution is 5.99. The lowest BCUT2D eigenvalue weighted by Crippen LogP contribution is -2.10. The van der Waals surface area contributed by atoms with Crippen LogP contribution in [0.4, 0.5) is 0 Å². The van der Waals surface area contributed by atoms with Gasteiger partial charge in [0.15, 0.2) is 5.78 Å². The first-order valence-electron chi connectivity index (χ1n) is 5.24. The topological polar surface area (TPSA) is 26.3 Å². The van der Waals surface area contributed by atoms with Crippen LogP contribution in [-0.2, 0) is 9.53 Å². The molecular formula is C11H14O2. The summed E-state index contributed by atoms with van der Waals surface area (Å²) in [6, 6.07) is 0. The molecule has 0 aromatic heterocycles. The van der Waals surface area contributed by atoms with Gasteiger partial charge in [-0.05, 0) is 42.7 Å². The Balaban J connectivity index is 2.05. The monoisotopic (exact) mass is 178 g/mol. The van der Waals surface area contributed by atoms with Gasteiger partial charge >= 0.3 is 0 Å². The Bertz CT molecular complexity index is 290. The van der Waals surface area contributed by atoms with Crippen LogP contribution in [0.3, 0.4) is 0 Å². The summed E-state index contributed by atoms with van der Waals surface area (Å²) in [7, 11) is 0. The average Bonchev–Trinajstić information content (AvgIpc) is 2.55. The van der Waals surface area contributed by atoms with E-state index in [1.807, 2.05) is 0 Å². The summed E-state index contributed by atoms with van der Waals surface area (Å²) < 4.78 is 5.75. The number of Topliss-reactive ketones (excluding diaryl/α,β-unsaturated/α-hetero) is 1. The zero-order valence-corrected chi connectivity index (χ0v) is 7.71. The van der Waals surface area contributed by atoms with Gasteiger partial charge in [-0.15, -0.1) is 0 Å². The standard InChI is InChI=1S/C11H14O2/c12-9-6-7-3-4-10-11(7)8(9)2-1-5-13-10/h7,10H,1-6H2/t7-,10-/m0/s1. The van der Waals surface area contributed by atoms with Crippen LogP contribution >= 0.6 is 0 Å². The largest absolute Gasteiger partial charge is 0.374 e. The summed E-state index contributed by atoms with van der Waals surface area (Å²) in [6.45, 7) is 0.845. The molecule has 2 heteroatoms. The number of carbonyl (C=O) groups excluding carboxylic acids is 1. The first kappa shape index (κ1) is 7.74. The van der Waals surface area contributed by atoms with Crippen molar-refractivity contribution >= 4 is 5.78 Å². The molecule has 3 aliphatic rings. The Kier molecular flexibility index (Phi) is 1.59. The van der Waals surface area contributed by atoms with Crippen molar-refractivity contribution in [3.63, 3.8) is 0 Å². The van der Waals surface area contributed by atoms with Gasteiger partial charge in [0, 0.05) is 13.0 Å². The third-order valence-corrected chi connectivity index (χ3v) is 3.57. The molecule has 2 atom stereocenters. The van der Waals surface area contributed by atoms with E-state index in [1.54, 1.807) is 0 Å². The molecule has 1 aliphatic heterocycles. The van der Waals surface area contributed by atoms with Crippen LogP contribution < -0.4 is 0 Å². The molecule has 0 bridgehead atoms. The van der Waals surface area contributed by atoms with Crippen LogP contribution in [0.5, 0.6) is 0 Å². The fourth-order valence-electron chi connectivity index (χ4n) is 3.02. The second kappa shape index (κ2) is 2.68. The maximum Gasteiger partial charge on any atom is 0.159 e. The van der Waals surface area contributed by atoms with Crippen molar-refractivity contribution in [1.82, 2.24) is 0 Å². The molecule has 0 amide bonds. The molecule has 0 N–H and O–H groups in total. The zero-order chi connectivity index (χ0) is 8.84. The molecule has 0 radical (unpaired) electrons. The van der Waals surface area contributed by atoms with E-state index in [9.17, 15) is 4.79 Å². The Morgan fingerprint density at radius 2 is 2.23 bits per heavy atom. The highest BCUT2D eigenvalue weighted by Crippen LogP contribution is 2.45. The zero-order valence-electron chi connectivity index (χ0n) is 7.71. The van der Waals surface area contributed by atoms with Gasteiger partial charge in [0.2, 0.25) is 0 Å². The fraction of sp³-hybridized carbons (Fsp3) is 0.727. The maximum atomic E-state index is 11.6. The van der Waals surface area contributed by atoms with Gasteiger partial charge in [0.1, 0.15) is 0 Å². The Labute approximate surface area is 78.0 Å². The number of ether oxygens (including phenoxy) is 1. The third kappa shape index (κ3) is 1.01. The van der Waals surface area contributed by atoms with Gasteiger partial charge in [-0.2, -0.15) is 0 Å². The van der Waals surface area contributed by atoms with Gasteiger partial charge in [0.25, 0.3) is 0 Å². The van der Waals surface area contributed by atoms with E-state index >= 15 is 0 Å². The van der Waals surface area contributed by atoms with Crippen molar-refractivity contribution < 1.29 is 9.53 Å². The van der Waals surface area contributed by atoms with Crippen LogP contribution in [0.15, 0.2) is 11.1 Å². The smallest absolute Gasteiger partial charge is 0.159 e. The lowest BCUT2D eigenvalue weighted by Gasteiger charge is -2.10. The highest BCUT2D eigenvalue weighted by atomic mass is 16.5. The van der Waals surface area contributed by atoms with E-state index in [0.29, 0.717) is 17.8 Å². The van der Waals surface area contributed by atoms with Gasteiger partial charge in [-0.1, -0.05) is 0 Å². The minimum atomic E-state index is 0.314. The lowest BCUT2D eigenvalue weighted by atomic mass is 10.0. The van der Waals surface area contributed by atoms with Crippen LogP contribution in [0, 0.1) is 5.92 Å². The highest BCUT2D eigenvalue weighted by Gasteiger charge is 2.41. The molecule has 0 unspecified atom stereocenters. The number of carbonyl (C=O) groups is 1. The first-order valence-corrected chi connectivity index (χ1v) is 5.24. The van der Waals surface area contributed by atoms with Crippen molar-refractivity contribution in [2.45, 2.75) is 38.2 Å². The van der Waals surface area contributed by atoms with Crippen molar-refractivity contribution in [2.75, 3.05) is 6.61 Å². The SMILES string of the molecule is O=C1C[C@@H]2CC[C@@H]3OCCCC1=C23. The summed E-state index contributed by atoms with van der Waals surface area (Å²) in [5.74, 6) is 0.973. The number of hydrogen-bond donors (Lipinski definition) is 0. The molecule has 1 saturated carbocycles. The van der Waals surface area contributed by atoms with E-state index in [-0.39, 0.29) is 0 Å². The van der Waals surface area contributed by atoms with E-state index in [0.717, 1.165) is 37.9 Å². The van der Waals surface area contributed by atoms with Gasteiger partial charge < -0.3 is 4.74 Å². The van der Waals surface area contributed by atoms with E-state index in [1.165, 1.54) is 12.0 Å². The van der Waals surface area contributed by atoms with E-state index in [2.05, 4.69) is 0 Å². The molecule has 0 saturated heterocycles. The number of rotatable bonds is 0. The third-order valence-electron chi connectivity index (χ3n) is 3.57. The van der Waals surface area contributed by atoms with Crippen LogP contribution in [-0.4, -0.2) is 18.5 Å². The molecule has 0 spiro atoms. The summed E-state index contributed by atoms with van der Waals surface area (Å²) in [5, 5.41) is 0. The summed E-state index contributed by atoms with van der Waals surface area (Å²) in [4.78, 5) is 11.6. The minimum Gasteiger partial charge on any atom is -0.374 e. The van der Waals surface area contributed by atoms with Crippen LogP contribution in [0.2, 0.25) is 0 Å². The fourth-order valence-corrected chi connectivity index (χ4v) is 3.02. The molecule has 1 heterocycles. The molecule has 0 aromatic rings. The summed E-state index contributed by atoms with van der Waals surface area (Å²) in [5.41, 5.74) is 2.53. The number of ketones is 1. The normalized spacial score (nSPS) is 38.0. The van der Waals surface area contributed by atoms with Crippen molar-refractivity contribution in [2.24, 2.45) is 5.92 Å². The van der Waals surface area contributed by atoms with Crippen molar-refractivity contribution in [3.05, 3.63) is 11.1 Å². The molecule has 1 fully saturated rings. The Morgan fingerprint density at radius 1 is 1.31 bits per heavy atom. The predicted octanol–water partition coefficient (Wildman–Crippen LogP) is 1.84. The molecule has 70 valence electrons. The number of allylic oxidation sites excluding steroid dienone is 1. The van der Waals surface area contributed by atoms with Crippen molar-refractivity contribution in [3.8, 4) is 0 Å². The minimum absolute atomic E-state index is 0.314. The maximum absolute atomic E-state index is 11.6. The van der Waals surface area contributed by atoms with Gasteiger partial charge in [0.05, 0.1) is 6.10 Å². The molecule has 13 heavy (non-hydrogen) atoms. The molecule has 2 aliphatic carbocycles. The molecule has 2 nitrogen and oxygen atoms in total. The Hall–Kier alpha value is -0.630. The Morgan fingerprint density at radius 3 is 3.15 bits per heavy atom. The van der Waals surface area contributed by atoms with Gasteiger partial charge in [-0.3, -0.25) is 4.79 Å². The summed E-state index contributed by atoms with van der Waals surface area (Å²) in [6.07, 6.45) is 5.43. The predicted molar refractivity (Wildman–Crippen MR) is 48.3 cm³/mol. The second-order valence-electron chi connectivity index (χ2n) is 4.30. The second-order valence-corrected chi connectivity index (χ2v) is 4.30. The number of hydrogen-bond acceptors (Lipinski definition) is 2. The van der Waals surface area contributed by atoms with Crippen LogP contribution in [0.25, 0.3) is 0 Å². The lowest BCUT2D eigenvalue weighted by molar-refractivity contribution is -0.115. The van der Waals surface area contributed by atoms with Gasteiger partial charge in [-0.25, -0.2) is 0 Å². The van der Waals surface area contributed by atoms with Crippen molar-refractivity contribution in [1.29, 1.82) is 0 Å². The summed E-state index contributed by atoms with van der Waals surface area (Å²) >= 11 is 0.